The van der Waals surface area contributed by atoms with Gasteiger partial charge < -0.3 is 10.2 Å². The van der Waals surface area contributed by atoms with E-state index in [-0.39, 0.29) is 24.4 Å². The summed E-state index contributed by atoms with van der Waals surface area (Å²) in [4.78, 5) is 25.6. The van der Waals surface area contributed by atoms with Crippen molar-refractivity contribution in [2.45, 2.75) is 44.8 Å². The number of halogens is 2. The number of amides is 2. The maximum absolute atomic E-state index is 12.4. The van der Waals surface area contributed by atoms with Gasteiger partial charge in [-0.25, -0.2) is 0 Å². The number of hydrogen-bond donors (Lipinski definition) is 2. The second kappa shape index (κ2) is 8.19. The van der Waals surface area contributed by atoms with Crippen LogP contribution >= 0.6 is 23.2 Å². The number of benzene rings is 1. The summed E-state index contributed by atoms with van der Waals surface area (Å²) in [5.74, 6) is -0.257. The Balaban J connectivity index is 1.88. The summed E-state index contributed by atoms with van der Waals surface area (Å²) < 4.78 is 0. The van der Waals surface area contributed by atoms with E-state index in [0.29, 0.717) is 16.1 Å². The molecule has 5 nitrogen and oxygen atoms in total. The summed E-state index contributed by atoms with van der Waals surface area (Å²) in [5, 5.41) is 7.21. The fraction of sp³-hybridized carbons (Fsp3) is 0.529. The van der Waals surface area contributed by atoms with Crippen LogP contribution in [0, 0.1) is 0 Å². The third-order valence-electron chi connectivity index (χ3n) is 4.00. The van der Waals surface area contributed by atoms with Crippen LogP contribution in [0.15, 0.2) is 18.2 Å². The average Bonchev–Trinajstić information content (AvgIpc) is 3.29. The summed E-state index contributed by atoms with van der Waals surface area (Å²) in [6.07, 6.45) is 2.06. The highest BCUT2D eigenvalue weighted by atomic mass is 35.5. The van der Waals surface area contributed by atoms with Gasteiger partial charge in [-0.3, -0.25) is 14.9 Å². The van der Waals surface area contributed by atoms with Gasteiger partial charge in [-0.2, -0.15) is 0 Å². The van der Waals surface area contributed by atoms with Crippen LogP contribution in [-0.4, -0.2) is 42.4 Å². The minimum atomic E-state index is -0.439. The van der Waals surface area contributed by atoms with Gasteiger partial charge in [0.15, 0.2) is 0 Å². The molecule has 24 heavy (non-hydrogen) atoms. The fourth-order valence-electron chi connectivity index (χ4n) is 2.51. The Hall–Kier alpha value is -1.30. The van der Waals surface area contributed by atoms with Gasteiger partial charge in [0, 0.05) is 29.2 Å². The fourth-order valence-corrected chi connectivity index (χ4v) is 3.09. The quantitative estimate of drug-likeness (QED) is 0.774. The Morgan fingerprint density at radius 1 is 1.29 bits per heavy atom. The van der Waals surface area contributed by atoms with E-state index >= 15 is 0 Å². The molecule has 7 heteroatoms. The molecule has 2 unspecified atom stereocenters. The van der Waals surface area contributed by atoms with E-state index in [9.17, 15) is 9.59 Å². The molecule has 1 aliphatic carbocycles. The van der Waals surface area contributed by atoms with Crippen molar-refractivity contribution in [3.05, 3.63) is 33.8 Å². The van der Waals surface area contributed by atoms with E-state index in [1.165, 1.54) is 4.90 Å². The van der Waals surface area contributed by atoms with Crippen LogP contribution in [0.25, 0.3) is 0 Å². The minimum absolute atomic E-state index is 0.0669. The topological polar surface area (TPSA) is 61.4 Å². The molecule has 1 saturated carbocycles. The van der Waals surface area contributed by atoms with E-state index in [0.717, 1.165) is 18.4 Å². The summed E-state index contributed by atoms with van der Waals surface area (Å²) in [6.45, 7) is 3.77. The predicted molar refractivity (Wildman–Crippen MR) is 96.3 cm³/mol. The lowest BCUT2D eigenvalue weighted by atomic mass is 10.1. The number of carbonyl (C=O) groups excluding carboxylic acids is 2. The molecule has 1 aromatic carbocycles. The van der Waals surface area contributed by atoms with Gasteiger partial charge >= 0.3 is 0 Å². The number of likely N-dealkylation sites (N-methyl/N-ethyl adjacent to an activating group) is 1. The average molecular weight is 372 g/mol. The second-order valence-electron chi connectivity index (χ2n) is 6.31. The van der Waals surface area contributed by atoms with E-state index < -0.39 is 6.04 Å². The van der Waals surface area contributed by atoms with E-state index in [2.05, 4.69) is 10.6 Å². The van der Waals surface area contributed by atoms with E-state index in [1.807, 2.05) is 13.0 Å². The molecule has 0 aromatic heterocycles. The van der Waals surface area contributed by atoms with Crippen molar-refractivity contribution in [1.82, 2.24) is 15.5 Å². The van der Waals surface area contributed by atoms with Crippen molar-refractivity contribution >= 4 is 35.0 Å². The van der Waals surface area contributed by atoms with Crippen molar-refractivity contribution in [2.24, 2.45) is 0 Å². The monoisotopic (exact) mass is 371 g/mol. The summed E-state index contributed by atoms with van der Waals surface area (Å²) in [7, 11) is 1.63. The molecule has 1 fully saturated rings. The van der Waals surface area contributed by atoms with Crippen LogP contribution in [0.5, 0.6) is 0 Å². The minimum Gasteiger partial charge on any atom is -0.352 e. The molecule has 0 bridgehead atoms. The van der Waals surface area contributed by atoms with Crippen LogP contribution in [-0.2, 0) is 9.59 Å². The lowest BCUT2D eigenvalue weighted by Gasteiger charge is -2.25. The van der Waals surface area contributed by atoms with Crippen LogP contribution in [0.2, 0.25) is 10.0 Å². The van der Waals surface area contributed by atoms with Crippen LogP contribution in [0.4, 0.5) is 0 Å². The number of carbonyl (C=O) groups is 2. The van der Waals surface area contributed by atoms with Crippen molar-refractivity contribution in [2.75, 3.05) is 13.6 Å². The smallest absolute Gasteiger partial charge is 0.239 e. The van der Waals surface area contributed by atoms with Crippen molar-refractivity contribution in [3.63, 3.8) is 0 Å². The Bertz CT molecular complexity index is 620. The zero-order chi connectivity index (χ0) is 17.9. The summed E-state index contributed by atoms with van der Waals surface area (Å²) >= 11 is 12.1. The highest BCUT2D eigenvalue weighted by Gasteiger charge is 2.26. The predicted octanol–water partition coefficient (Wildman–Crippen LogP) is 2.77. The molecule has 2 N–H and O–H groups in total. The standard InChI is InChI=1S/C17H23Cl2N3O2/c1-10(14-7-4-12(18)8-15(14)19)20-11(2)17(24)22(3)9-16(23)21-13-5-6-13/h4,7-8,10-11,13,20H,5-6,9H2,1-3H3,(H,21,23). The highest BCUT2D eigenvalue weighted by Crippen LogP contribution is 2.26. The van der Waals surface area contributed by atoms with Gasteiger partial charge in [-0.05, 0) is 44.4 Å². The largest absolute Gasteiger partial charge is 0.352 e. The van der Waals surface area contributed by atoms with E-state index in [1.54, 1.807) is 26.1 Å². The maximum atomic E-state index is 12.4. The highest BCUT2D eigenvalue weighted by molar-refractivity contribution is 6.35. The van der Waals surface area contributed by atoms with Crippen LogP contribution in [0.1, 0.15) is 38.3 Å². The molecule has 1 aromatic rings. The van der Waals surface area contributed by atoms with Crippen molar-refractivity contribution in [3.8, 4) is 0 Å². The Morgan fingerprint density at radius 2 is 1.96 bits per heavy atom. The Labute approximate surface area is 152 Å². The van der Waals surface area contributed by atoms with Gasteiger partial charge in [-0.15, -0.1) is 0 Å². The van der Waals surface area contributed by atoms with Crippen molar-refractivity contribution < 1.29 is 9.59 Å². The number of nitrogens with one attached hydrogen (secondary N) is 2. The molecule has 0 saturated heterocycles. The first kappa shape index (κ1) is 19.0. The first-order chi connectivity index (χ1) is 11.3. The molecular weight excluding hydrogens is 349 g/mol. The molecule has 0 aliphatic heterocycles. The molecule has 132 valence electrons. The number of nitrogens with zero attached hydrogens (tertiary/aromatic N) is 1. The second-order valence-corrected chi connectivity index (χ2v) is 7.16. The summed E-state index contributed by atoms with van der Waals surface area (Å²) in [6, 6.07) is 5.02. The summed E-state index contributed by atoms with van der Waals surface area (Å²) in [5.41, 5.74) is 0.870. The lowest BCUT2D eigenvalue weighted by molar-refractivity contribution is -0.136. The first-order valence-corrected chi connectivity index (χ1v) is 8.79. The molecule has 1 aliphatic rings. The first-order valence-electron chi connectivity index (χ1n) is 8.03. The van der Waals surface area contributed by atoms with Crippen LogP contribution in [0.3, 0.4) is 0 Å². The molecule has 2 rings (SSSR count). The third kappa shape index (κ3) is 5.36. The van der Waals surface area contributed by atoms with Gasteiger partial charge in [0.05, 0.1) is 12.6 Å². The molecule has 2 amide bonds. The van der Waals surface area contributed by atoms with Gasteiger partial charge in [0.25, 0.3) is 0 Å². The third-order valence-corrected chi connectivity index (χ3v) is 4.56. The SMILES string of the molecule is CC(NC(C)c1ccc(Cl)cc1Cl)C(=O)N(C)CC(=O)NC1CC1. The Kier molecular flexibility index (Phi) is 6.49. The van der Waals surface area contributed by atoms with Gasteiger partial charge in [0.2, 0.25) is 11.8 Å². The molecule has 2 atom stereocenters. The molecular formula is C17H23Cl2N3O2. The van der Waals surface area contributed by atoms with Gasteiger partial charge in [-0.1, -0.05) is 29.3 Å². The van der Waals surface area contributed by atoms with Gasteiger partial charge in [0.1, 0.15) is 0 Å². The zero-order valence-electron chi connectivity index (χ0n) is 14.1. The maximum Gasteiger partial charge on any atom is 0.239 e. The van der Waals surface area contributed by atoms with Crippen LogP contribution < -0.4 is 10.6 Å². The van der Waals surface area contributed by atoms with E-state index in [4.69, 9.17) is 23.2 Å². The number of rotatable bonds is 7. The lowest BCUT2D eigenvalue weighted by Crippen LogP contribution is -2.47. The molecule has 0 radical (unpaired) electrons. The Morgan fingerprint density at radius 3 is 2.54 bits per heavy atom. The number of hydrogen-bond acceptors (Lipinski definition) is 3. The normalized spacial score (nSPS) is 16.4. The molecule has 0 spiro atoms. The molecule has 0 heterocycles. The van der Waals surface area contributed by atoms with Crippen molar-refractivity contribution in [1.29, 1.82) is 0 Å². The zero-order valence-corrected chi connectivity index (χ0v) is 15.6.